The molecule has 20 heavy (non-hydrogen) atoms. The smallest absolute Gasteiger partial charge is 0.223 e. The topological polar surface area (TPSA) is 50.4 Å². The highest BCUT2D eigenvalue weighted by atomic mass is 16.5. The second kappa shape index (κ2) is 7.90. The van der Waals surface area contributed by atoms with Crippen LogP contribution in [-0.4, -0.2) is 25.6 Å². The van der Waals surface area contributed by atoms with E-state index in [0.29, 0.717) is 12.5 Å². The Hall–Kier alpha value is -1.55. The van der Waals surface area contributed by atoms with Gasteiger partial charge in [-0.25, -0.2) is 0 Å². The molecular formula is C16H24N2O2. The van der Waals surface area contributed by atoms with Gasteiger partial charge in [0.15, 0.2) is 0 Å². The van der Waals surface area contributed by atoms with Gasteiger partial charge in [-0.1, -0.05) is 19.1 Å². The summed E-state index contributed by atoms with van der Waals surface area (Å²) in [5, 5.41) is 6.27. The average Bonchev–Trinajstić information content (AvgIpc) is 3.30. The van der Waals surface area contributed by atoms with Crippen molar-refractivity contribution in [3.63, 3.8) is 0 Å². The summed E-state index contributed by atoms with van der Waals surface area (Å²) in [4.78, 5) is 11.4. The summed E-state index contributed by atoms with van der Waals surface area (Å²) in [5.41, 5.74) is 1.22. The maximum absolute atomic E-state index is 11.4. The molecule has 1 aromatic rings. The van der Waals surface area contributed by atoms with E-state index in [1.165, 1.54) is 5.56 Å². The fourth-order valence-electron chi connectivity index (χ4n) is 1.92. The quantitative estimate of drug-likeness (QED) is 0.679. The van der Waals surface area contributed by atoms with E-state index in [-0.39, 0.29) is 5.91 Å². The van der Waals surface area contributed by atoms with Gasteiger partial charge in [-0.15, -0.1) is 0 Å². The van der Waals surface area contributed by atoms with Crippen LogP contribution in [0.25, 0.3) is 0 Å². The first kappa shape index (κ1) is 14.9. The predicted molar refractivity (Wildman–Crippen MR) is 79.7 cm³/mol. The molecule has 0 atom stereocenters. The van der Waals surface area contributed by atoms with Crippen LogP contribution in [0.3, 0.4) is 0 Å². The maximum atomic E-state index is 11.4. The molecule has 1 aliphatic carbocycles. The summed E-state index contributed by atoms with van der Waals surface area (Å²) >= 11 is 0. The van der Waals surface area contributed by atoms with Crippen molar-refractivity contribution in [1.29, 1.82) is 0 Å². The third-order valence-corrected chi connectivity index (χ3v) is 3.27. The third kappa shape index (κ3) is 5.21. The molecule has 1 aliphatic rings. The summed E-state index contributed by atoms with van der Waals surface area (Å²) in [5.74, 6) is 1.43. The van der Waals surface area contributed by atoms with Gasteiger partial charge in [0.2, 0.25) is 5.91 Å². The fraction of sp³-hybridized carbons (Fsp3) is 0.562. The van der Waals surface area contributed by atoms with Crippen LogP contribution in [-0.2, 0) is 11.3 Å². The zero-order valence-corrected chi connectivity index (χ0v) is 12.2. The molecule has 0 radical (unpaired) electrons. The Bertz CT molecular complexity index is 413. The molecule has 0 unspecified atom stereocenters. The van der Waals surface area contributed by atoms with Gasteiger partial charge in [0, 0.05) is 25.6 Å². The molecule has 110 valence electrons. The van der Waals surface area contributed by atoms with E-state index in [9.17, 15) is 4.79 Å². The van der Waals surface area contributed by atoms with Crippen molar-refractivity contribution in [2.75, 3.05) is 19.7 Å². The Labute approximate surface area is 120 Å². The molecule has 0 saturated heterocycles. The van der Waals surface area contributed by atoms with Gasteiger partial charge in [0.25, 0.3) is 0 Å². The second-order valence-electron chi connectivity index (χ2n) is 5.23. The Morgan fingerprint density at radius 1 is 1.25 bits per heavy atom. The van der Waals surface area contributed by atoms with Crippen LogP contribution in [0.2, 0.25) is 0 Å². The van der Waals surface area contributed by atoms with Gasteiger partial charge in [0.05, 0.1) is 6.61 Å². The Balaban J connectivity index is 1.57. The van der Waals surface area contributed by atoms with Gasteiger partial charge in [-0.3, -0.25) is 4.79 Å². The lowest BCUT2D eigenvalue weighted by Gasteiger charge is -2.08. The number of benzene rings is 1. The van der Waals surface area contributed by atoms with Crippen LogP contribution in [0.4, 0.5) is 0 Å². The highest BCUT2D eigenvalue weighted by Crippen LogP contribution is 2.28. The number of rotatable bonds is 9. The number of hydrogen-bond donors (Lipinski definition) is 2. The fourth-order valence-corrected chi connectivity index (χ4v) is 1.92. The molecule has 4 heteroatoms. The predicted octanol–water partition coefficient (Wildman–Crippen LogP) is 2.09. The average molecular weight is 276 g/mol. The Kier molecular flexibility index (Phi) is 5.87. The minimum absolute atomic E-state index is 0.212. The number of carbonyl (C=O) groups is 1. The molecule has 4 nitrogen and oxygen atoms in total. The van der Waals surface area contributed by atoms with E-state index in [4.69, 9.17) is 4.74 Å². The SMILES string of the molecule is CCCOc1ccc(CNCCNC(=O)C2CC2)cc1. The Morgan fingerprint density at radius 3 is 2.65 bits per heavy atom. The van der Waals surface area contributed by atoms with Crippen LogP contribution >= 0.6 is 0 Å². The standard InChI is InChI=1S/C16H24N2O2/c1-2-11-20-15-7-3-13(4-8-15)12-17-9-10-18-16(19)14-5-6-14/h3-4,7-8,14,17H,2,5-6,9-12H2,1H3,(H,18,19). The molecule has 1 amide bonds. The summed E-state index contributed by atoms with van der Waals surface area (Å²) in [7, 11) is 0. The third-order valence-electron chi connectivity index (χ3n) is 3.27. The van der Waals surface area contributed by atoms with Crippen molar-refractivity contribution < 1.29 is 9.53 Å². The molecule has 1 saturated carbocycles. The first-order valence-electron chi connectivity index (χ1n) is 7.49. The van der Waals surface area contributed by atoms with Gasteiger partial charge < -0.3 is 15.4 Å². The zero-order chi connectivity index (χ0) is 14.2. The van der Waals surface area contributed by atoms with Crippen LogP contribution in [0.15, 0.2) is 24.3 Å². The first-order chi connectivity index (χ1) is 9.79. The lowest BCUT2D eigenvalue weighted by atomic mass is 10.2. The summed E-state index contributed by atoms with van der Waals surface area (Å²) in [6.07, 6.45) is 3.15. The number of nitrogens with one attached hydrogen (secondary N) is 2. The lowest BCUT2D eigenvalue weighted by molar-refractivity contribution is -0.122. The van der Waals surface area contributed by atoms with Crippen molar-refractivity contribution in [2.24, 2.45) is 5.92 Å². The summed E-state index contributed by atoms with van der Waals surface area (Å²) in [6.45, 7) is 5.17. The largest absolute Gasteiger partial charge is 0.494 e. The lowest BCUT2D eigenvalue weighted by Crippen LogP contribution is -2.32. The molecule has 0 bridgehead atoms. The van der Waals surface area contributed by atoms with Crippen molar-refractivity contribution in [2.45, 2.75) is 32.7 Å². The van der Waals surface area contributed by atoms with Crippen molar-refractivity contribution >= 4 is 5.91 Å². The number of carbonyl (C=O) groups excluding carboxylic acids is 1. The maximum Gasteiger partial charge on any atom is 0.223 e. The molecular weight excluding hydrogens is 252 g/mol. The summed E-state index contributed by atoms with van der Waals surface area (Å²) < 4.78 is 5.54. The van der Waals surface area contributed by atoms with E-state index < -0.39 is 0 Å². The van der Waals surface area contributed by atoms with Gasteiger partial charge in [-0.05, 0) is 37.0 Å². The minimum atomic E-state index is 0.212. The van der Waals surface area contributed by atoms with Crippen molar-refractivity contribution in [3.05, 3.63) is 29.8 Å². The number of ether oxygens (including phenoxy) is 1. The zero-order valence-electron chi connectivity index (χ0n) is 12.2. The molecule has 2 N–H and O–H groups in total. The normalized spacial score (nSPS) is 14.1. The molecule has 0 heterocycles. The van der Waals surface area contributed by atoms with E-state index in [1.807, 2.05) is 12.1 Å². The van der Waals surface area contributed by atoms with Gasteiger partial charge >= 0.3 is 0 Å². The summed E-state index contributed by atoms with van der Waals surface area (Å²) in [6, 6.07) is 8.14. The first-order valence-corrected chi connectivity index (χ1v) is 7.49. The molecule has 0 spiro atoms. The van der Waals surface area contributed by atoms with E-state index in [2.05, 4.69) is 29.7 Å². The van der Waals surface area contributed by atoms with Crippen molar-refractivity contribution in [3.8, 4) is 5.75 Å². The monoisotopic (exact) mass is 276 g/mol. The molecule has 1 fully saturated rings. The minimum Gasteiger partial charge on any atom is -0.494 e. The highest BCUT2D eigenvalue weighted by molar-refractivity contribution is 5.80. The molecule has 0 aliphatic heterocycles. The van der Waals surface area contributed by atoms with Crippen LogP contribution in [0.5, 0.6) is 5.75 Å². The van der Waals surface area contributed by atoms with E-state index >= 15 is 0 Å². The van der Waals surface area contributed by atoms with Gasteiger partial charge in [-0.2, -0.15) is 0 Å². The Morgan fingerprint density at radius 2 is 2.00 bits per heavy atom. The highest BCUT2D eigenvalue weighted by Gasteiger charge is 2.28. The molecule has 2 rings (SSSR count). The number of amides is 1. The van der Waals surface area contributed by atoms with E-state index in [1.54, 1.807) is 0 Å². The number of hydrogen-bond acceptors (Lipinski definition) is 3. The van der Waals surface area contributed by atoms with Gasteiger partial charge in [0.1, 0.15) is 5.75 Å². The van der Waals surface area contributed by atoms with E-state index in [0.717, 1.165) is 44.7 Å². The van der Waals surface area contributed by atoms with Crippen LogP contribution < -0.4 is 15.4 Å². The molecule has 1 aromatic carbocycles. The van der Waals surface area contributed by atoms with Crippen molar-refractivity contribution in [1.82, 2.24) is 10.6 Å². The molecule has 0 aromatic heterocycles. The second-order valence-corrected chi connectivity index (χ2v) is 5.23. The van der Waals surface area contributed by atoms with Crippen LogP contribution in [0.1, 0.15) is 31.7 Å². The van der Waals surface area contributed by atoms with Crippen LogP contribution in [0, 0.1) is 5.92 Å².